The monoisotopic (exact) mass is 365 g/mol. The molecule has 4 rings (SSSR count). The lowest BCUT2D eigenvalue weighted by Gasteiger charge is -2.09. The summed E-state index contributed by atoms with van der Waals surface area (Å²) in [4.78, 5) is 12.8. The Kier molecular flexibility index (Phi) is 4.19. The molecule has 0 aliphatic carbocycles. The summed E-state index contributed by atoms with van der Waals surface area (Å²) in [5, 5.41) is 9.05. The molecule has 0 aliphatic rings. The molecule has 4 aromatic rings. The number of aryl methyl sites for hydroxylation is 1. The van der Waals surface area contributed by atoms with Gasteiger partial charge in [0.15, 0.2) is 5.52 Å². The molecule has 7 heteroatoms. The normalized spacial score (nSPS) is 11.1. The molecule has 0 amide bonds. The lowest BCUT2D eigenvalue weighted by Crippen LogP contribution is -2.24. The summed E-state index contributed by atoms with van der Waals surface area (Å²) in [6.45, 7) is 1.94. The van der Waals surface area contributed by atoms with Gasteiger partial charge in [0.1, 0.15) is 23.0 Å². The summed E-state index contributed by atoms with van der Waals surface area (Å²) in [5.41, 5.74) is 2.01. The smallest absolute Gasteiger partial charge is 0.297 e. The number of methoxy groups -OCH3 is 1. The fraction of sp³-hybridized carbons (Fsp3) is 0.150. The zero-order valence-electron chi connectivity index (χ0n) is 14.8. The third kappa shape index (κ3) is 3.08. The fourth-order valence-electron chi connectivity index (χ4n) is 2.96. The number of halogens is 1. The van der Waals surface area contributed by atoms with Crippen LogP contribution in [0.1, 0.15) is 11.3 Å². The Morgan fingerprint density at radius 1 is 1.11 bits per heavy atom. The second-order valence-electron chi connectivity index (χ2n) is 6.13. The molecule has 6 nitrogen and oxygen atoms in total. The van der Waals surface area contributed by atoms with Crippen LogP contribution >= 0.6 is 0 Å². The quantitative estimate of drug-likeness (QED) is 0.553. The number of ether oxygens (including phenoxy) is 1. The van der Waals surface area contributed by atoms with E-state index >= 15 is 0 Å². The molecular weight excluding hydrogens is 349 g/mol. The largest absolute Gasteiger partial charge is 0.497 e. The molecule has 27 heavy (non-hydrogen) atoms. The van der Waals surface area contributed by atoms with Crippen molar-refractivity contribution in [2.45, 2.75) is 13.5 Å². The molecular formula is C20H16FN3O3. The molecule has 0 radical (unpaired) electrons. The fourth-order valence-corrected chi connectivity index (χ4v) is 2.96. The van der Waals surface area contributed by atoms with E-state index in [0.29, 0.717) is 16.8 Å². The lowest BCUT2D eigenvalue weighted by atomic mass is 10.1. The molecule has 2 heterocycles. The van der Waals surface area contributed by atoms with Crippen molar-refractivity contribution in [1.82, 2.24) is 14.9 Å². The topological polar surface area (TPSA) is 70.2 Å². The highest BCUT2D eigenvalue weighted by molar-refractivity contribution is 5.93. The van der Waals surface area contributed by atoms with Gasteiger partial charge in [0.05, 0.1) is 19.0 Å². The summed E-state index contributed by atoms with van der Waals surface area (Å²) < 4.78 is 24.9. The predicted octanol–water partition coefficient (Wildman–Crippen LogP) is 3.56. The molecule has 0 bridgehead atoms. The zero-order chi connectivity index (χ0) is 19.0. The first kappa shape index (κ1) is 17.0. The minimum atomic E-state index is -0.358. The van der Waals surface area contributed by atoms with E-state index in [1.165, 1.54) is 16.8 Å². The third-order valence-corrected chi connectivity index (χ3v) is 4.37. The van der Waals surface area contributed by atoms with Crippen LogP contribution in [0.5, 0.6) is 5.75 Å². The summed E-state index contributed by atoms with van der Waals surface area (Å²) in [6, 6.07) is 13.3. The van der Waals surface area contributed by atoms with E-state index in [9.17, 15) is 9.18 Å². The van der Waals surface area contributed by atoms with E-state index in [1.807, 2.05) is 24.3 Å². The van der Waals surface area contributed by atoms with E-state index in [-0.39, 0.29) is 23.4 Å². The van der Waals surface area contributed by atoms with E-state index < -0.39 is 0 Å². The highest BCUT2D eigenvalue weighted by Gasteiger charge is 2.19. The van der Waals surface area contributed by atoms with E-state index in [4.69, 9.17) is 9.26 Å². The molecule has 2 aromatic heterocycles. The van der Waals surface area contributed by atoms with Crippen molar-refractivity contribution >= 4 is 10.9 Å². The van der Waals surface area contributed by atoms with Crippen LogP contribution in [0.2, 0.25) is 0 Å². The third-order valence-electron chi connectivity index (χ3n) is 4.37. The number of fused-ring (bicyclic) bond motifs is 1. The maximum atomic E-state index is 13.1. The highest BCUT2D eigenvalue weighted by atomic mass is 19.1. The van der Waals surface area contributed by atoms with Crippen molar-refractivity contribution in [2.24, 2.45) is 0 Å². The molecule has 136 valence electrons. The Morgan fingerprint density at radius 2 is 1.81 bits per heavy atom. The van der Waals surface area contributed by atoms with Gasteiger partial charge in [0, 0.05) is 5.56 Å². The van der Waals surface area contributed by atoms with Gasteiger partial charge in [-0.05, 0) is 48.9 Å². The Balaban J connectivity index is 1.88. The average Bonchev–Trinajstić information content (AvgIpc) is 3.08. The first-order valence-electron chi connectivity index (χ1n) is 8.33. The molecule has 0 spiro atoms. The Bertz CT molecular complexity index is 1160. The van der Waals surface area contributed by atoms with Gasteiger partial charge in [0.2, 0.25) is 0 Å². The van der Waals surface area contributed by atoms with Crippen LogP contribution in [-0.4, -0.2) is 22.0 Å². The van der Waals surface area contributed by atoms with Gasteiger partial charge in [-0.25, -0.2) is 9.07 Å². The Morgan fingerprint density at radius 3 is 2.48 bits per heavy atom. The first-order valence-corrected chi connectivity index (χ1v) is 8.33. The van der Waals surface area contributed by atoms with Gasteiger partial charge >= 0.3 is 0 Å². The molecule has 0 saturated heterocycles. The zero-order valence-corrected chi connectivity index (χ0v) is 14.8. The van der Waals surface area contributed by atoms with Crippen molar-refractivity contribution < 1.29 is 13.7 Å². The van der Waals surface area contributed by atoms with Gasteiger partial charge in [-0.3, -0.25) is 4.79 Å². The molecule has 0 fully saturated rings. The number of benzene rings is 2. The van der Waals surface area contributed by atoms with Crippen molar-refractivity contribution in [2.75, 3.05) is 7.11 Å². The summed E-state index contributed by atoms with van der Waals surface area (Å²) in [7, 11) is 1.60. The van der Waals surface area contributed by atoms with Crippen molar-refractivity contribution in [3.63, 3.8) is 0 Å². The van der Waals surface area contributed by atoms with Gasteiger partial charge in [-0.15, -0.1) is 0 Å². The number of rotatable bonds is 4. The van der Waals surface area contributed by atoms with Crippen LogP contribution < -0.4 is 10.3 Å². The van der Waals surface area contributed by atoms with Crippen molar-refractivity contribution in [3.8, 4) is 17.0 Å². The molecule has 0 unspecified atom stereocenters. The molecule has 2 aromatic carbocycles. The lowest BCUT2D eigenvalue weighted by molar-refractivity contribution is 0.405. The molecule has 0 aliphatic heterocycles. The maximum Gasteiger partial charge on any atom is 0.297 e. The van der Waals surface area contributed by atoms with Gasteiger partial charge in [-0.1, -0.05) is 17.3 Å². The summed E-state index contributed by atoms with van der Waals surface area (Å²) in [6.07, 6.45) is 0. The van der Waals surface area contributed by atoms with Gasteiger partial charge < -0.3 is 9.26 Å². The van der Waals surface area contributed by atoms with Crippen LogP contribution in [0.25, 0.3) is 22.2 Å². The average molecular weight is 365 g/mol. The minimum Gasteiger partial charge on any atom is -0.497 e. The minimum absolute atomic E-state index is 0.199. The number of hydrogen-bond acceptors (Lipinski definition) is 5. The highest BCUT2D eigenvalue weighted by Crippen LogP contribution is 2.28. The molecule has 0 saturated carbocycles. The second-order valence-corrected chi connectivity index (χ2v) is 6.13. The maximum absolute atomic E-state index is 13.1. The second kappa shape index (κ2) is 6.68. The number of aromatic nitrogens is 3. The number of nitrogens with zero attached hydrogens (tertiary/aromatic N) is 3. The Labute approximate surface area is 153 Å². The Hall–Kier alpha value is -3.48. The number of hydrogen-bond donors (Lipinski definition) is 0. The van der Waals surface area contributed by atoms with Gasteiger partial charge in [-0.2, -0.15) is 5.10 Å². The van der Waals surface area contributed by atoms with Gasteiger partial charge in [0.25, 0.3) is 5.56 Å². The molecule has 0 N–H and O–H groups in total. The predicted molar refractivity (Wildman–Crippen MR) is 98.3 cm³/mol. The van der Waals surface area contributed by atoms with E-state index in [1.54, 1.807) is 26.2 Å². The van der Waals surface area contributed by atoms with E-state index in [0.717, 1.165) is 16.9 Å². The van der Waals surface area contributed by atoms with E-state index in [2.05, 4.69) is 10.3 Å². The first-order chi connectivity index (χ1) is 13.1. The SMILES string of the molecule is COc1ccc(-c2nn(Cc3ccc(F)cc3)c(=O)c3noc(C)c23)cc1. The van der Waals surface area contributed by atoms with Crippen molar-refractivity contribution in [1.29, 1.82) is 0 Å². The van der Waals surface area contributed by atoms with Crippen LogP contribution in [0.4, 0.5) is 4.39 Å². The van der Waals surface area contributed by atoms with Crippen LogP contribution in [0, 0.1) is 12.7 Å². The van der Waals surface area contributed by atoms with Crippen LogP contribution in [0.15, 0.2) is 57.8 Å². The summed E-state index contributed by atoms with van der Waals surface area (Å²) in [5.74, 6) is 0.909. The van der Waals surface area contributed by atoms with Crippen molar-refractivity contribution in [3.05, 3.63) is 76.0 Å². The molecule has 0 atom stereocenters. The standard InChI is InChI=1S/C20H16FN3O3/c1-12-17-18(14-5-9-16(26-2)10-6-14)22-24(20(25)19(17)23-27-12)11-13-3-7-15(21)8-4-13/h3-10H,11H2,1-2H3. The summed E-state index contributed by atoms with van der Waals surface area (Å²) >= 11 is 0. The van der Waals surface area contributed by atoms with Crippen LogP contribution in [-0.2, 0) is 6.54 Å². The van der Waals surface area contributed by atoms with Crippen LogP contribution in [0.3, 0.4) is 0 Å².